The number of halogens is 1. The molecule has 4 heteroatoms. The van der Waals surface area contributed by atoms with Crippen molar-refractivity contribution in [2.45, 2.75) is 20.4 Å². The predicted octanol–water partition coefficient (Wildman–Crippen LogP) is 3.51. The number of carbonyl (C=O) groups is 1. The molecular weight excluding hydrogens is 282 g/mol. The zero-order valence-electron chi connectivity index (χ0n) is 9.77. The summed E-state index contributed by atoms with van der Waals surface area (Å²) in [7, 11) is 0. The maximum Gasteiger partial charge on any atom is 0.310 e. The fourth-order valence-electron chi connectivity index (χ4n) is 1.80. The smallest absolute Gasteiger partial charge is 0.310 e. The van der Waals surface area contributed by atoms with Gasteiger partial charge in [-0.05, 0) is 38.1 Å². The van der Waals surface area contributed by atoms with E-state index in [1.165, 1.54) is 0 Å². The summed E-state index contributed by atoms with van der Waals surface area (Å²) >= 11 is 3.42. The second-order valence-electron chi connectivity index (χ2n) is 4.84. The molecule has 1 aromatic carbocycles. The minimum absolute atomic E-state index is 0.466. The van der Waals surface area contributed by atoms with E-state index in [0.717, 1.165) is 15.4 Å². The van der Waals surface area contributed by atoms with Crippen molar-refractivity contribution in [3.63, 3.8) is 0 Å². The highest BCUT2D eigenvalue weighted by Crippen LogP contribution is 2.25. The predicted molar refractivity (Wildman–Crippen MR) is 71.1 cm³/mol. The monoisotopic (exact) mass is 295 g/mol. The minimum atomic E-state index is -0.781. The second-order valence-corrected chi connectivity index (χ2v) is 5.75. The molecule has 0 aliphatic rings. The molecule has 0 unspecified atom stereocenters. The van der Waals surface area contributed by atoms with Crippen molar-refractivity contribution in [1.82, 2.24) is 4.57 Å². The molecule has 0 radical (unpaired) electrons. The average molecular weight is 296 g/mol. The van der Waals surface area contributed by atoms with Gasteiger partial charge in [-0.2, -0.15) is 0 Å². The van der Waals surface area contributed by atoms with Crippen LogP contribution in [0.3, 0.4) is 0 Å². The quantitative estimate of drug-likeness (QED) is 0.941. The van der Waals surface area contributed by atoms with Gasteiger partial charge in [0, 0.05) is 28.1 Å². The van der Waals surface area contributed by atoms with E-state index >= 15 is 0 Å². The summed E-state index contributed by atoms with van der Waals surface area (Å²) in [6.07, 6.45) is 1.93. The number of nitrogens with zero attached hydrogens (tertiary/aromatic N) is 1. The second kappa shape index (κ2) is 4.18. The lowest BCUT2D eigenvalue weighted by Gasteiger charge is -2.20. The van der Waals surface area contributed by atoms with E-state index in [1.54, 1.807) is 13.8 Å². The Balaban J connectivity index is 2.41. The van der Waals surface area contributed by atoms with E-state index in [9.17, 15) is 4.79 Å². The number of aliphatic carboxylic acids is 1. The molecule has 0 atom stereocenters. The van der Waals surface area contributed by atoms with Crippen LogP contribution in [-0.4, -0.2) is 15.6 Å². The fraction of sp³-hybridized carbons (Fsp3) is 0.308. The van der Waals surface area contributed by atoms with Gasteiger partial charge in [0.25, 0.3) is 0 Å². The summed E-state index contributed by atoms with van der Waals surface area (Å²) in [6.45, 7) is 3.94. The van der Waals surface area contributed by atoms with Gasteiger partial charge in [0.05, 0.1) is 5.41 Å². The van der Waals surface area contributed by atoms with Gasteiger partial charge in [-0.25, -0.2) is 0 Å². The Hall–Kier alpha value is -1.29. The standard InChI is InChI=1S/C13H14BrNO2/c1-13(2,12(16)17)8-15-6-5-9-7-10(14)3-4-11(9)15/h3-7H,8H2,1-2H3,(H,16,17). The van der Waals surface area contributed by atoms with Crippen molar-refractivity contribution in [1.29, 1.82) is 0 Å². The lowest BCUT2D eigenvalue weighted by molar-refractivity contribution is -0.147. The molecule has 1 N–H and O–H groups in total. The maximum atomic E-state index is 11.1. The molecular formula is C13H14BrNO2. The third-order valence-corrected chi connectivity index (χ3v) is 3.37. The van der Waals surface area contributed by atoms with Crippen molar-refractivity contribution in [2.75, 3.05) is 0 Å². The van der Waals surface area contributed by atoms with Gasteiger partial charge < -0.3 is 9.67 Å². The largest absolute Gasteiger partial charge is 0.481 e. The fourth-order valence-corrected chi connectivity index (χ4v) is 2.18. The Kier molecular flexibility index (Phi) is 3.00. The lowest BCUT2D eigenvalue weighted by atomic mass is 9.94. The lowest BCUT2D eigenvalue weighted by Crippen LogP contribution is -2.28. The van der Waals surface area contributed by atoms with E-state index in [1.807, 2.05) is 35.0 Å². The molecule has 90 valence electrons. The number of carboxylic acid groups (broad SMARTS) is 1. The number of hydrogen-bond acceptors (Lipinski definition) is 1. The molecule has 0 fully saturated rings. The third-order valence-electron chi connectivity index (χ3n) is 2.88. The van der Waals surface area contributed by atoms with Gasteiger partial charge in [-0.15, -0.1) is 0 Å². The molecule has 0 aliphatic carbocycles. The van der Waals surface area contributed by atoms with Crippen LogP contribution >= 0.6 is 15.9 Å². The molecule has 1 heterocycles. The summed E-state index contributed by atoms with van der Waals surface area (Å²) in [6, 6.07) is 7.99. The summed E-state index contributed by atoms with van der Waals surface area (Å²) in [5.74, 6) is -0.781. The normalized spacial score (nSPS) is 11.9. The van der Waals surface area contributed by atoms with Crippen LogP contribution in [-0.2, 0) is 11.3 Å². The number of benzene rings is 1. The molecule has 17 heavy (non-hydrogen) atoms. The van der Waals surface area contributed by atoms with Crippen LogP contribution in [0.4, 0.5) is 0 Å². The van der Waals surface area contributed by atoms with E-state index in [-0.39, 0.29) is 0 Å². The van der Waals surface area contributed by atoms with Crippen LogP contribution in [0.2, 0.25) is 0 Å². The van der Waals surface area contributed by atoms with Crippen molar-refractivity contribution in [3.05, 3.63) is 34.9 Å². The first-order valence-corrected chi connectivity index (χ1v) is 6.17. The zero-order valence-corrected chi connectivity index (χ0v) is 11.4. The summed E-state index contributed by atoms with van der Waals surface area (Å²) in [5, 5.41) is 10.2. The number of carboxylic acids is 1. The van der Waals surface area contributed by atoms with Gasteiger partial charge >= 0.3 is 5.97 Å². The van der Waals surface area contributed by atoms with Crippen LogP contribution in [0, 0.1) is 5.41 Å². The summed E-state index contributed by atoms with van der Waals surface area (Å²) < 4.78 is 3.01. The van der Waals surface area contributed by atoms with Crippen LogP contribution < -0.4 is 0 Å². The minimum Gasteiger partial charge on any atom is -0.481 e. The Labute approximate surface area is 108 Å². The van der Waals surface area contributed by atoms with E-state index in [2.05, 4.69) is 15.9 Å². The average Bonchev–Trinajstić information content (AvgIpc) is 2.60. The van der Waals surface area contributed by atoms with Gasteiger partial charge in [-0.1, -0.05) is 15.9 Å². The molecule has 1 aromatic heterocycles. The van der Waals surface area contributed by atoms with Gasteiger partial charge in [0.2, 0.25) is 0 Å². The Bertz CT molecular complexity index is 572. The molecule has 2 aromatic rings. The number of hydrogen-bond donors (Lipinski definition) is 1. The highest BCUT2D eigenvalue weighted by atomic mass is 79.9. The van der Waals surface area contributed by atoms with E-state index in [4.69, 9.17) is 5.11 Å². The highest BCUT2D eigenvalue weighted by molar-refractivity contribution is 9.10. The van der Waals surface area contributed by atoms with Crippen LogP contribution in [0.25, 0.3) is 10.9 Å². The van der Waals surface area contributed by atoms with E-state index < -0.39 is 11.4 Å². The van der Waals surface area contributed by atoms with Crippen LogP contribution in [0.1, 0.15) is 13.8 Å². The van der Waals surface area contributed by atoms with Crippen molar-refractivity contribution in [2.24, 2.45) is 5.41 Å². The van der Waals surface area contributed by atoms with Crippen molar-refractivity contribution in [3.8, 4) is 0 Å². The summed E-state index contributed by atoms with van der Waals surface area (Å²) in [4.78, 5) is 11.1. The molecule has 0 aliphatic heterocycles. The molecule has 0 bridgehead atoms. The van der Waals surface area contributed by atoms with Crippen LogP contribution in [0.15, 0.2) is 34.9 Å². The SMILES string of the molecule is CC(C)(Cn1ccc2cc(Br)ccc21)C(=O)O. The Morgan fingerprint density at radius 2 is 2.12 bits per heavy atom. The molecule has 0 spiro atoms. The first-order chi connectivity index (χ1) is 7.90. The number of fused-ring (bicyclic) bond motifs is 1. The number of aromatic nitrogens is 1. The van der Waals surface area contributed by atoms with Gasteiger partial charge in [-0.3, -0.25) is 4.79 Å². The number of rotatable bonds is 3. The Morgan fingerprint density at radius 3 is 2.76 bits per heavy atom. The van der Waals surface area contributed by atoms with Crippen molar-refractivity contribution < 1.29 is 9.90 Å². The summed E-state index contributed by atoms with van der Waals surface area (Å²) in [5.41, 5.74) is 0.293. The zero-order chi connectivity index (χ0) is 12.6. The third kappa shape index (κ3) is 2.36. The van der Waals surface area contributed by atoms with Crippen molar-refractivity contribution >= 4 is 32.8 Å². The molecule has 0 saturated carbocycles. The molecule has 0 saturated heterocycles. The van der Waals surface area contributed by atoms with Gasteiger partial charge in [0.1, 0.15) is 0 Å². The first kappa shape index (κ1) is 12.2. The first-order valence-electron chi connectivity index (χ1n) is 5.38. The molecule has 2 rings (SSSR count). The molecule has 3 nitrogen and oxygen atoms in total. The van der Waals surface area contributed by atoms with E-state index in [0.29, 0.717) is 6.54 Å². The highest BCUT2D eigenvalue weighted by Gasteiger charge is 2.27. The van der Waals surface area contributed by atoms with Gasteiger partial charge in [0.15, 0.2) is 0 Å². The topological polar surface area (TPSA) is 42.2 Å². The maximum absolute atomic E-state index is 11.1. The Morgan fingerprint density at radius 1 is 1.41 bits per heavy atom. The van der Waals surface area contributed by atoms with Crippen LogP contribution in [0.5, 0.6) is 0 Å². The molecule has 0 amide bonds.